The minimum absolute atomic E-state index is 0.0732. The fraction of sp³-hybridized carbons (Fsp3) is 0.235. The van der Waals surface area contributed by atoms with Crippen LogP contribution in [0.4, 0.5) is 0 Å². The van der Waals surface area contributed by atoms with Crippen molar-refractivity contribution in [2.75, 3.05) is 6.54 Å². The number of benzene rings is 2. The molecule has 0 radical (unpaired) electrons. The van der Waals surface area contributed by atoms with E-state index in [0.29, 0.717) is 17.1 Å². The number of hydrogen-bond donors (Lipinski definition) is 1. The highest BCUT2D eigenvalue weighted by Gasteiger charge is 2.16. The van der Waals surface area contributed by atoms with Crippen LogP contribution in [0.5, 0.6) is 0 Å². The van der Waals surface area contributed by atoms with E-state index in [-0.39, 0.29) is 5.91 Å². The third-order valence-corrected chi connectivity index (χ3v) is 6.19. The van der Waals surface area contributed by atoms with Crippen molar-refractivity contribution in [3.63, 3.8) is 0 Å². The highest BCUT2D eigenvalue weighted by Crippen LogP contribution is 2.13. The number of hydrogen-bond acceptors (Lipinski definition) is 1. The molecule has 0 heterocycles. The number of carbonyl (C=O) groups is 1. The van der Waals surface area contributed by atoms with Crippen molar-refractivity contribution in [3.8, 4) is 0 Å². The largest absolute Gasteiger partial charge is 0.352 e. The van der Waals surface area contributed by atoms with Gasteiger partial charge in [-0.05, 0) is 43.2 Å². The molecule has 0 atom stereocenters. The van der Waals surface area contributed by atoms with Gasteiger partial charge in [0.05, 0.1) is 20.1 Å². The predicted octanol–water partition coefficient (Wildman–Crippen LogP) is 1.83. The van der Waals surface area contributed by atoms with Crippen molar-refractivity contribution in [1.29, 1.82) is 0 Å². The zero-order chi connectivity index (χ0) is 15.4. The third-order valence-electron chi connectivity index (χ3n) is 3.76. The molecular formula is C17H20ClNOSi. The van der Waals surface area contributed by atoms with Crippen LogP contribution < -0.4 is 15.7 Å². The molecule has 2 rings (SSSR count). The quantitative estimate of drug-likeness (QED) is 0.856. The van der Waals surface area contributed by atoms with E-state index in [2.05, 4.69) is 37.4 Å². The number of nitrogens with one attached hydrogen (secondary N) is 1. The van der Waals surface area contributed by atoms with Crippen LogP contribution in [0.2, 0.25) is 5.02 Å². The van der Waals surface area contributed by atoms with E-state index in [4.69, 9.17) is 11.6 Å². The molecule has 110 valence electrons. The van der Waals surface area contributed by atoms with E-state index >= 15 is 0 Å². The first-order chi connectivity index (χ1) is 10.0. The van der Waals surface area contributed by atoms with Gasteiger partial charge >= 0.3 is 0 Å². The minimum Gasteiger partial charge on any atom is -0.352 e. The third kappa shape index (κ3) is 3.55. The second-order valence-electron chi connectivity index (χ2n) is 5.17. The van der Waals surface area contributed by atoms with E-state index < -0.39 is 9.52 Å². The summed E-state index contributed by atoms with van der Waals surface area (Å²) in [5, 5.41) is 5.85. The summed E-state index contributed by atoms with van der Waals surface area (Å²) in [4.78, 5) is 12.3. The summed E-state index contributed by atoms with van der Waals surface area (Å²) in [5.41, 5.74) is 3.26. The van der Waals surface area contributed by atoms with Crippen LogP contribution in [-0.2, 0) is 0 Å². The molecule has 0 spiro atoms. The Morgan fingerprint density at radius 3 is 2.52 bits per heavy atom. The summed E-state index contributed by atoms with van der Waals surface area (Å²) in [5.74, 6) is -0.0732. The standard InChI is InChI=1S/C17H20ClNOSi/c1-4-19-17(20)16-13(18)8-6-10-15(16)21-14-9-5-7-11(2)12(14)3/h5-10H,4,21H2,1-3H3,(H,19,20). The van der Waals surface area contributed by atoms with Gasteiger partial charge in [0.2, 0.25) is 0 Å². The molecule has 0 bridgehead atoms. The molecule has 2 nitrogen and oxygen atoms in total. The van der Waals surface area contributed by atoms with Crippen molar-refractivity contribution in [1.82, 2.24) is 5.32 Å². The molecule has 0 fully saturated rings. The highest BCUT2D eigenvalue weighted by atomic mass is 35.5. The number of rotatable bonds is 4. The maximum atomic E-state index is 12.3. The number of amides is 1. The van der Waals surface area contributed by atoms with E-state index in [9.17, 15) is 4.79 Å². The molecule has 4 heteroatoms. The van der Waals surface area contributed by atoms with E-state index in [0.717, 1.165) is 5.19 Å². The second kappa shape index (κ2) is 6.92. The van der Waals surface area contributed by atoms with Crippen LogP contribution in [0.15, 0.2) is 36.4 Å². The van der Waals surface area contributed by atoms with Gasteiger partial charge in [0.25, 0.3) is 5.91 Å². The predicted molar refractivity (Wildman–Crippen MR) is 93.2 cm³/mol. The lowest BCUT2D eigenvalue weighted by Crippen LogP contribution is -2.37. The Morgan fingerprint density at radius 1 is 1.14 bits per heavy atom. The summed E-state index contributed by atoms with van der Waals surface area (Å²) in [6.45, 7) is 6.79. The molecule has 0 unspecified atom stereocenters. The van der Waals surface area contributed by atoms with Gasteiger partial charge in [-0.2, -0.15) is 0 Å². The Kier molecular flexibility index (Phi) is 5.20. The lowest BCUT2D eigenvalue weighted by Gasteiger charge is -2.13. The van der Waals surface area contributed by atoms with Gasteiger partial charge in [-0.1, -0.05) is 47.1 Å². The molecule has 21 heavy (non-hydrogen) atoms. The monoisotopic (exact) mass is 317 g/mol. The fourth-order valence-corrected chi connectivity index (χ4v) is 4.81. The molecule has 1 amide bonds. The molecule has 0 saturated heterocycles. The topological polar surface area (TPSA) is 29.1 Å². The Labute approximate surface area is 133 Å². The molecule has 2 aromatic rings. The summed E-state index contributed by atoms with van der Waals surface area (Å²) >= 11 is 6.26. The Bertz CT molecular complexity index is 670. The van der Waals surface area contributed by atoms with Crippen molar-refractivity contribution in [2.45, 2.75) is 20.8 Å². The molecule has 2 aromatic carbocycles. The molecule has 1 N–H and O–H groups in total. The number of carbonyl (C=O) groups excluding carboxylic acids is 1. The first-order valence-electron chi connectivity index (χ1n) is 7.15. The Hall–Kier alpha value is -1.58. The molecule has 0 aromatic heterocycles. The highest BCUT2D eigenvalue weighted by molar-refractivity contribution is 6.69. The van der Waals surface area contributed by atoms with Gasteiger partial charge in [0, 0.05) is 6.54 Å². The van der Waals surface area contributed by atoms with E-state index in [1.54, 1.807) is 6.07 Å². The smallest absolute Gasteiger partial charge is 0.252 e. The number of halogens is 1. The molecule has 0 saturated carbocycles. The Morgan fingerprint density at radius 2 is 1.81 bits per heavy atom. The second-order valence-corrected chi connectivity index (χ2v) is 7.45. The zero-order valence-electron chi connectivity index (χ0n) is 12.7. The van der Waals surface area contributed by atoms with Gasteiger partial charge in [0.1, 0.15) is 0 Å². The SMILES string of the molecule is CCNC(=O)c1c(Cl)cccc1[SiH2]c1cccc(C)c1C. The van der Waals surface area contributed by atoms with Gasteiger partial charge in [-0.15, -0.1) is 0 Å². The van der Waals surface area contributed by atoms with Crippen molar-refractivity contribution < 1.29 is 4.79 Å². The summed E-state index contributed by atoms with van der Waals surface area (Å²) in [7, 11) is -0.740. The Balaban J connectivity index is 2.43. The first-order valence-corrected chi connectivity index (χ1v) is 8.94. The van der Waals surface area contributed by atoms with Gasteiger partial charge in [0.15, 0.2) is 0 Å². The maximum absolute atomic E-state index is 12.3. The first kappa shape index (κ1) is 15.8. The van der Waals surface area contributed by atoms with Crippen LogP contribution in [0.1, 0.15) is 28.4 Å². The van der Waals surface area contributed by atoms with Gasteiger partial charge in [-0.25, -0.2) is 0 Å². The van der Waals surface area contributed by atoms with E-state index in [1.807, 2.05) is 19.1 Å². The molecular weight excluding hydrogens is 298 g/mol. The van der Waals surface area contributed by atoms with Gasteiger partial charge in [-0.3, -0.25) is 4.79 Å². The van der Waals surface area contributed by atoms with Crippen molar-refractivity contribution in [3.05, 3.63) is 58.1 Å². The number of aryl methyl sites for hydroxylation is 1. The van der Waals surface area contributed by atoms with E-state index in [1.165, 1.54) is 16.3 Å². The normalized spacial score (nSPS) is 11.0. The lowest BCUT2D eigenvalue weighted by molar-refractivity contribution is 0.0957. The van der Waals surface area contributed by atoms with Crippen LogP contribution in [0.25, 0.3) is 0 Å². The fourth-order valence-electron chi connectivity index (χ4n) is 2.43. The summed E-state index contributed by atoms with van der Waals surface area (Å²) in [6, 6.07) is 12.1. The average molecular weight is 318 g/mol. The molecule has 0 aliphatic heterocycles. The van der Waals surface area contributed by atoms with Gasteiger partial charge < -0.3 is 5.32 Å². The van der Waals surface area contributed by atoms with Crippen molar-refractivity contribution in [2.24, 2.45) is 0 Å². The lowest BCUT2D eigenvalue weighted by atomic mass is 10.1. The molecule has 0 aliphatic carbocycles. The van der Waals surface area contributed by atoms with Crippen LogP contribution in [0.3, 0.4) is 0 Å². The van der Waals surface area contributed by atoms with Crippen molar-refractivity contribution >= 4 is 37.4 Å². The van der Waals surface area contributed by atoms with Crippen LogP contribution >= 0.6 is 11.6 Å². The average Bonchev–Trinajstić information content (AvgIpc) is 2.44. The minimum atomic E-state index is -0.740. The molecule has 0 aliphatic rings. The van der Waals surface area contributed by atoms with Crippen LogP contribution in [0, 0.1) is 13.8 Å². The summed E-state index contributed by atoms with van der Waals surface area (Å²) in [6.07, 6.45) is 0. The van der Waals surface area contributed by atoms with Crippen LogP contribution in [-0.4, -0.2) is 22.0 Å². The zero-order valence-corrected chi connectivity index (χ0v) is 14.8. The summed E-state index contributed by atoms with van der Waals surface area (Å²) < 4.78 is 0. The maximum Gasteiger partial charge on any atom is 0.252 e.